The SMILES string of the molecule is Cc1ccc(NC(=O)c2cc3c([nH]c2=O)C[C@H](c2ccccc2)CC3=O)cc1C. The highest BCUT2D eigenvalue weighted by Crippen LogP contribution is 2.31. The Morgan fingerprint density at radius 1 is 0.966 bits per heavy atom. The molecule has 4 rings (SSSR count). The van der Waals surface area contributed by atoms with Gasteiger partial charge in [0, 0.05) is 23.4 Å². The molecule has 2 N–H and O–H groups in total. The molecule has 0 spiro atoms. The monoisotopic (exact) mass is 386 g/mol. The molecular weight excluding hydrogens is 364 g/mol. The van der Waals surface area contributed by atoms with Crippen LogP contribution < -0.4 is 10.9 Å². The van der Waals surface area contributed by atoms with E-state index in [1.165, 1.54) is 6.07 Å². The molecular formula is C24H22N2O3. The Labute approximate surface area is 168 Å². The highest BCUT2D eigenvalue weighted by Gasteiger charge is 2.28. The number of nitrogens with one attached hydrogen (secondary N) is 2. The molecule has 0 radical (unpaired) electrons. The Morgan fingerprint density at radius 3 is 2.45 bits per heavy atom. The van der Waals surface area contributed by atoms with Crippen molar-refractivity contribution in [3.63, 3.8) is 0 Å². The van der Waals surface area contributed by atoms with Gasteiger partial charge in [0.25, 0.3) is 11.5 Å². The lowest BCUT2D eigenvalue weighted by molar-refractivity contribution is 0.0963. The van der Waals surface area contributed by atoms with Crippen LogP contribution in [0.2, 0.25) is 0 Å². The molecule has 1 aliphatic rings. The highest BCUT2D eigenvalue weighted by atomic mass is 16.2. The van der Waals surface area contributed by atoms with Crippen molar-refractivity contribution in [3.8, 4) is 0 Å². The Kier molecular flexibility index (Phi) is 4.89. The van der Waals surface area contributed by atoms with Crippen LogP contribution in [-0.2, 0) is 6.42 Å². The Hall–Kier alpha value is -3.47. The number of aromatic nitrogens is 1. The standard InChI is InChI=1S/C24H22N2O3/c1-14-8-9-18(10-15(14)2)25-23(28)20-13-19-21(26-24(20)29)11-17(12-22(19)27)16-6-4-3-5-7-16/h3-10,13,17H,11-12H2,1-2H3,(H,25,28)(H,26,29)/t17-/m0/s1. The number of pyridine rings is 1. The van der Waals surface area contributed by atoms with Gasteiger partial charge in [-0.1, -0.05) is 36.4 Å². The van der Waals surface area contributed by atoms with Gasteiger partial charge in [-0.15, -0.1) is 0 Å². The molecule has 1 aliphatic carbocycles. The number of carbonyl (C=O) groups excluding carboxylic acids is 2. The fourth-order valence-corrected chi connectivity index (χ4v) is 3.78. The lowest BCUT2D eigenvalue weighted by Crippen LogP contribution is -2.29. The molecule has 0 fully saturated rings. The number of aryl methyl sites for hydroxylation is 2. The van der Waals surface area contributed by atoms with E-state index in [9.17, 15) is 14.4 Å². The van der Waals surface area contributed by atoms with Gasteiger partial charge in [0.15, 0.2) is 5.78 Å². The van der Waals surface area contributed by atoms with Gasteiger partial charge in [-0.25, -0.2) is 0 Å². The molecule has 2 aromatic carbocycles. The number of H-pyrrole nitrogens is 1. The number of amides is 1. The van der Waals surface area contributed by atoms with E-state index in [0.29, 0.717) is 29.8 Å². The average Bonchev–Trinajstić information content (AvgIpc) is 2.70. The van der Waals surface area contributed by atoms with Crippen molar-refractivity contribution in [2.24, 2.45) is 0 Å². The maximum Gasteiger partial charge on any atom is 0.261 e. The molecule has 0 saturated carbocycles. The van der Waals surface area contributed by atoms with Crippen LogP contribution in [0.4, 0.5) is 5.69 Å². The third kappa shape index (κ3) is 3.76. The van der Waals surface area contributed by atoms with Gasteiger partial charge < -0.3 is 10.3 Å². The third-order valence-corrected chi connectivity index (χ3v) is 5.59. The summed E-state index contributed by atoms with van der Waals surface area (Å²) < 4.78 is 0. The molecule has 0 saturated heterocycles. The summed E-state index contributed by atoms with van der Waals surface area (Å²) in [5.41, 5.74) is 4.36. The summed E-state index contributed by atoms with van der Waals surface area (Å²) in [4.78, 5) is 40.8. The smallest absolute Gasteiger partial charge is 0.261 e. The molecule has 5 heteroatoms. The van der Waals surface area contributed by atoms with E-state index in [1.54, 1.807) is 6.07 Å². The second-order valence-corrected chi connectivity index (χ2v) is 7.60. The zero-order valence-electron chi connectivity index (χ0n) is 16.4. The lowest BCUT2D eigenvalue weighted by Gasteiger charge is -2.24. The number of hydrogen-bond acceptors (Lipinski definition) is 3. The van der Waals surface area contributed by atoms with Gasteiger partial charge in [0.05, 0.1) is 0 Å². The number of anilines is 1. The number of Topliss-reactive ketones (excluding diaryl/α,β-unsaturated/α-hetero) is 1. The minimum absolute atomic E-state index is 0.0297. The summed E-state index contributed by atoms with van der Waals surface area (Å²) in [6, 6.07) is 16.8. The van der Waals surface area contributed by atoms with Crippen molar-refractivity contribution in [3.05, 3.63) is 98.5 Å². The molecule has 0 unspecified atom stereocenters. The summed E-state index contributed by atoms with van der Waals surface area (Å²) in [6.45, 7) is 3.95. The topological polar surface area (TPSA) is 79.0 Å². The molecule has 3 aromatic rings. The lowest BCUT2D eigenvalue weighted by atomic mass is 9.81. The second-order valence-electron chi connectivity index (χ2n) is 7.60. The number of benzene rings is 2. The summed E-state index contributed by atoms with van der Waals surface area (Å²) in [7, 11) is 0. The summed E-state index contributed by atoms with van der Waals surface area (Å²) in [5.74, 6) is -0.547. The van der Waals surface area contributed by atoms with Crippen molar-refractivity contribution >= 4 is 17.4 Å². The molecule has 0 bridgehead atoms. The Balaban J connectivity index is 1.62. The molecule has 1 heterocycles. The van der Waals surface area contributed by atoms with Crippen LogP contribution in [0.3, 0.4) is 0 Å². The van der Waals surface area contributed by atoms with Crippen molar-refractivity contribution in [2.75, 3.05) is 5.32 Å². The number of hydrogen-bond donors (Lipinski definition) is 2. The van der Waals surface area contributed by atoms with Crippen molar-refractivity contribution < 1.29 is 9.59 Å². The number of fused-ring (bicyclic) bond motifs is 1. The predicted octanol–water partition coefficient (Wildman–Crippen LogP) is 4.16. The van der Waals surface area contributed by atoms with Gasteiger partial charge in [-0.05, 0) is 61.1 Å². The van der Waals surface area contributed by atoms with Crippen LogP contribution in [0.25, 0.3) is 0 Å². The summed E-state index contributed by atoms with van der Waals surface area (Å²) >= 11 is 0. The average molecular weight is 386 g/mol. The van der Waals surface area contributed by atoms with E-state index in [4.69, 9.17) is 0 Å². The van der Waals surface area contributed by atoms with Gasteiger partial charge in [-0.3, -0.25) is 14.4 Å². The molecule has 5 nitrogen and oxygen atoms in total. The van der Waals surface area contributed by atoms with Gasteiger partial charge in [-0.2, -0.15) is 0 Å². The van der Waals surface area contributed by atoms with E-state index < -0.39 is 11.5 Å². The molecule has 1 atom stereocenters. The van der Waals surface area contributed by atoms with Crippen LogP contribution in [0, 0.1) is 13.8 Å². The first kappa shape index (κ1) is 18.9. The Morgan fingerprint density at radius 2 is 1.72 bits per heavy atom. The fraction of sp³-hybridized carbons (Fsp3) is 0.208. The predicted molar refractivity (Wildman–Crippen MR) is 113 cm³/mol. The number of carbonyl (C=O) groups is 2. The summed E-state index contributed by atoms with van der Waals surface area (Å²) in [5, 5.41) is 2.75. The van der Waals surface area contributed by atoms with Crippen LogP contribution >= 0.6 is 0 Å². The van der Waals surface area contributed by atoms with Crippen molar-refractivity contribution in [1.82, 2.24) is 4.98 Å². The third-order valence-electron chi connectivity index (χ3n) is 5.59. The first-order chi connectivity index (χ1) is 13.9. The van der Waals surface area contributed by atoms with E-state index in [0.717, 1.165) is 16.7 Å². The molecule has 1 aromatic heterocycles. The molecule has 1 amide bonds. The first-order valence-electron chi connectivity index (χ1n) is 9.65. The number of ketones is 1. The van der Waals surface area contributed by atoms with Crippen LogP contribution in [-0.4, -0.2) is 16.7 Å². The van der Waals surface area contributed by atoms with Gasteiger partial charge in [0.1, 0.15) is 5.56 Å². The highest BCUT2D eigenvalue weighted by molar-refractivity contribution is 6.06. The normalized spacial score (nSPS) is 15.7. The summed E-state index contributed by atoms with van der Waals surface area (Å²) in [6.07, 6.45) is 0.931. The second kappa shape index (κ2) is 7.51. The zero-order chi connectivity index (χ0) is 20.5. The van der Waals surface area contributed by atoms with Gasteiger partial charge >= 0.3 is 0 Å². The minimum Gasteiger partial charge on any atom is -0.325 e. The van der Waals surface area contributed by atoms with E-state index in [2.05, 4.69) is 10.3 Å². The Bertz CT molecular complexity index is 1160. The van der Waals surface area contributed by atoms with E-state index >= 15 is 0 Å². The largest absolute Gasteiger partial charge is 0.325 e. The zero-order valence-corrected chi connectivity index (χ0v) is 16.4. The minimum atomic E-state index is -0.518. The fourth-order valence-electron chi connectivity index (χ4n) is 3.78. The molecule has 29 heavy (non-hydrogen) atoms. The van der Waals surface area contributed by atoms with Crippen LogP contribution in [0.15, 0.2) is 59.4 Å². The van der Waals surface area contributed by atoms with Crippen molar-refractivity contribution in [1.29, 1.82) is 0 Å². The van der Waals surface area contributed by atoms with E-state index in [1.807, 2.05) is 56.3 Å². The maximum atomic E-state index is 12.7. The number of rotatable bonds is 3. The van der Waals surface area contributed by atoms with Crippen LogP contribution in [0.1, 0.15) is 55.4 Å². The first-order valence-corrected chi connectivity index (χ1v) is 9.65. The molecule has 146 valence electrons. The molecule has 0 aliphatic heterocycles. The van der Waals surface area contributed by atoms with Crippen molar-refractivity contribution in [2.45, 2.75) is 32.6 Å². The van der Waals surface area contributed by atoms with Crippen LogP contribution in [0.5, 0.6) is 0 Å². The van der Waals surface area contributed by atoms with Gasteiger partial charge in [0.2, 0.25) is 0 Å². The number of aromatic amines is 1. The van der Waals surface area contributed by atoms with E-state index in [-0.39, 0.29) is 17.3 Å². The maximum absolute atomic E-state index is 12.7. The quantitative estimate of drug-likeness (QED) is 0.709.